The summed E-state index contributed by atoms with van der Waals surface area (Å²) in [5.74, 6) is -0.567. The summed E-state index contributed by atoms with van der Waals surface area (Å²) in [5.41, 5.74) is 7.47. The minimum atomic E-state index is -0.486. The zero-order valence-corrected chi connectivity index (χ0v) is 15.9. The van der Waals surface area contributed by atoms with Crippen LogP contribution in [0.3, 0.4) is 0 Å². The summed E-state index contributed by atoms with van der Waals surface area (Å²) in [5, 5.41) is 4.93. The molecule has 6 heteroatoms. The molecule has 0 spiro atoms. The summed E-state index contributed by atoms with van der Waals surface area (Å²) in [6.45, 7) is 3.99. The van der Waals surface area contributed by atoms with E-state index < -0.39 is 5.91 Å². The van der Waals surface area contributed by atoms with Crippen molar-refractivity contribution >= 4 is 33.4 Å². The molecule has 0 saturated carbocycles. The number of carbonyl (C=O) groups excluding carboxylic acids is 2. The van der Waals surface area contributed by atoms with Crippen LogP contribution < -0.4 is 16.4 Å². The number of primary amides is 1. The Kier molecular flexibility index (Phi) is 6.73. The van der Waals surface area contributed by atoms with Crippen LogP contribution in [0, 0.1) is 0 Å². The van der Waals surface area contributed by atoms with Gasteiger partial charge in [0.15, 0.2) is 6.04 Å². The van der Waals surface area contributed by atoms with Gasteiger partial charge in [-0.3, -0.25) is 9.59 Å². The number of carbonyl (C=O) groups is 2. The molecule has 0 aliphatic carbocycles. The number of rotatable bonds is 7. The summed E-state index contributed by atoms with van der Waals surface area (Å²) >= 11 is 3.44. The molecule has 2 aromatic carbocycles. The Morgan fingerprint density at radius 2 is 1.72 bits per heavy atom. The largest absolute Gasteiger partial charge is 0.366 e. The summed E-state index contributed by atoms with van der Waals surface area (Å²) in [6, 6.07) is 14.7. The van der Waals surface area contributed by atoms with E-state index >= 15 is 0 Å². The van der Waals surface area contributed by atoms with Gasteiger partial charge in [-0.15, -0.1) is 0 Å². The van der Waals surface area contributed by atoms with Crippen molar-refractivity contribution in [3.63, 3.8) is 0 Å². The highest BCUT2D eigenvalue weighted by Crippen LogP contribution is 2.17. The Bertz CT molecular complexity index is 729. The van der Waals surface area contributed by atoms with Crippen LogP contribution in [0.15, 0.2) is 53.0 Å². The molecule has 0 heterocycles. The number of benzene rings is 2. The molecule has 2 aromatic rings. The average Bonchev–Trinajstić information content (AvgIpc) is 2.60. The van der Waals surface area contributed by atoms with Crippen LogP contribution in [-0.4, -0.2) is 17.9 Å². The minimum Gasteiger partial charge on any atom is -0.366 e. The van der Waals surface area contributed by atoms with Gasteiger partial charge in [0.1, 0.15) is 6.04 Å². The van der Waals surface area contributed by atoms with E-state index in [-0.39, 0.29) is 18.0 Å². The first-order chi connectivity index (χ1) is 11.9. The number of quaternary nitrogens is 1. The lowest BCUT2D eigenvalue weighted by atomic mass is 10.0. The quantitative estimate of drug-likeness (QED) is 0.661. The third kappa shape index (κ3) is 5.41. The molecular formula is C19H23BrN3O2+. The zero-order chi connectivity index (χ0) is 18.4. The van der Waals surface area contributed by atoms with Crippen LogP contribution in [0.1, 0.15) is 42.2 Å². The highest BCUT2D eigenvalue weighted by atomic mass is 79.9. The van der Waals surface area contributed by atoms with Crippen LogP contribution in [0.2, 0.25) is 0 Å². The zero-order valence-electron chi connectivity index (χ0n) is 14.3. The van der Waals surface area contributed by atoms with E-state index in [0.29, 0.717) is 11.3 Å². The Balaban J connectivity index is 1.98. The van der Waals surface area contributed by atoms with Crippen molar-refractivity contribution in [2.45, 2.75) is 32.4 Å². The van der Waals surface area contributed by atoms with Gasteiger partial charge in [-0.1, -0.05) is 35.0 Å². The van der Waals surface area contributed by atoms with E-state index in [0.717, 1.165) is 10.9 Å². The molecule has 0 bridgehead atoms. The fourth-order valence-corrected chi connectivity index (χ4v) is 2.87. The molecule has 132 valence electrons. The van der Waals surface area contributed by atoms with Crippen LogP contribution in [0.4, 0.5) is 5.69 Å². The SMILES string of the molecule is CC[C@H]([NH2+][C@@H](C)C(=O)Nc1ccc(C(N)=O)cc1)c1ccc(Br)cc1. The van der Waals surface area contributed by atoms with Crippen LogP contribution in [0.5, 0.6) is 0 Å². The summed E-state index contributed by atoms with van der Waals surface area (Å²) in [7, 11) is 0. The van der Waals surface area contributed by atoms with Crippen molar-refractivity contribution in [1.29, 1.82) is 0 Å². The minimum absolute atomic E-state index is 0.0811. The second kappa shape index (κ2) is 8.78. The van der Waals surface area contributed by atoms with Gasteiger partial charge in [-0.25, -0.2) is 0 Å². The van der Waals surface area contributed by atoms with Gasteiger partial charge in [0.2, 0.25) is 5.91 Å². The lowest BCUT2D eigenvalue weighted by Crippen LogP contribution is -2.92. The van der Waals surface area contributed by atoms with Gasteiger partial charge in [-0.2, -0.15) is 0 Å². The Morgan fingerprint density at radius 1 is 1.12 bits per heavy atom. The van der Waals surface area contributed by atoms with E-state index in [2.05, 4.69) is 45.6 Å². The number of amides is 2. The lowest BCUT2D eigenvalue weighted by Gasteiger charge is -2.19. The van der Waals surface area contributed by atoms with Crippen LogP contribution in [0.25, 0.3) is 0 Å². The first-order valence-electron chi connectivity index (χ1n) is 8.22. The number of hydrogen-bond acceptors (Lipinski definition) is 2. The molecule has 25 heavy (non-hydrogen) atoms. The van der Waals surface area contributed by atoms with Crippen molar-refractivity contribution in [3.8, 4) is 0 Å². The molecule has 0 unspecified atom stereocenters. The highest BCUT2D eigenvalue weighted by Gasteiger charge is 2.22. The Labute approximate surface area is 156 Å². The van der Waals surface area contributed by atoms with E-state index in [4.69, 9.17) is 5.73 Å². The van der Waals surface area contributed by atoms with Crippen molar-refractivity contribution in [2.75, 3.05) is 5.32 Å². The van der Waals surface area contributed by atoms with Gasteiger partial charge < -0.3 is 16.4 Å². The summed E-state index contributed by atoms with van der Waals surface area (Å²) < 4.78 is 1.04. The van der Waals surface area contributed by atoms with E-state index in [9.17, 15) is 9.59 Å². The third-order valence-electron chi connectivity index (χ3n) is 4.11. The topological polar surface area (TPSA) is 88.8 Å². The van der Waals surface area contributed by atoms with Crippen LogP contribution in [-0.2, 0) is 4.79 Å². The number of nitrogens with one attached hydrogen (secondary N) is 1. The van der Waals surface area contributed by atoms with Crippen molar-refractivity contribution in [3.05, 3.63) is 64.1 Å². The molecule has 0 radical (unpaired) electrons. The van der Waals surface area contributed by atoms with Crippen LogP contribution >= 0.6 is 15.9 Å². The summed E-state index contributed by atoms with van der Waals surface area (Å²) in [6.07, 6.45) is 0.923. The fraction of sp³-hybridized carbons (Fsp3) is 0.263. The third-order valence-corrected chi connectivity index (χ3v) is 4.64. The normalized spacial score (nSPS) is 13.1. The monoisotopic (exact) mass is 404 g/mol. The van der Waals surface area contributed by atoms with Crippen molar-refractivity contribution < 1.29 is 14.9 Å². The van der Waals surface area contributed by atoms with Gasteiger partial charge in [-0.05, 0) is 43.3 Å². The molecule has 0 fully saturated rings. The first kappa shape index (κ1) is 19.1. The van der Waals surface area contributed by atoms with Gasteiger partial charge in [0, 0.05) is 27.7 Å². The molecule has 0 saturated heterocycles. The fourth-order valence-electron chi connectivity index (χ4n) is 2.60. The molecule has 2 amide bonds. The molecule has 0 aromatic heterocycles. The molecule has 0 aliphatic rings. The average molecular weight is 405 g/mol. The smallest absolute Gasteiger partial charge is 0.282 e. The van der Waals surface area contributed by atoms with Crippen molar-refractivity contribution in [2.24, 2.45) is 5.73 Å². The molecule has 0 aliphatic heterocycles. The molecule has 2 rings (SSSR count). The number of hydrogen-bond donors (Lipinski definition) is 3. The summed E-state index contributed by atoms with van der Waals surface area (Å²) in [4.78, 5) is 23.5. The molecule has 5 N–H and O–H groups in total. The first-order valence-corrected chi connectivity index (χ1v) is 9.01. The predicted molar refractivity (Wildman–Crippen MR) is 102 cm³/mol. The lowest BCUT2D eigenvalue weighted by molar-refractivity contribution is -0.713. The Hall–Kier alpha value is -2.18. The number of nitrogens with two attached hydrogens (primary N) is 2. The maximum absolute atomic E-state index is 12.4. The Morgan fingerprint density at radius 3 is 2.24 bits per heavy atom. The van der Waals surface area contributed by atoms with E-state index in [1.54, 1.807) is 24.3 Å². The molecular weight excluding hydrogens is 382 g/mol. The predicted octanol–water partition coefficient (Wildman–Crippen LogP) is 2.59. The highest BCUT2D eigenvalue weighted by molar-refractivity contribution is 9.10. The van der Waals surface area contributed by atoms with Gasteiger partial charge in [0.05, 0.1) is 0 Å². The standard InChI is InChI=1S/C19H22BrN3O2/c1-3-17(13-4-8-15(20)9-5-13)22-12(2)19(25)23-16-10-6-14(7-11-16)18(21)24/h4-12,17,22H,3H2,1-2H3,(H2,21,24)(H,23,25)/p+1/t12-,17-/m0/s1. The number of anilines is 1. The molecule has 2 atom stereocenters. The number of halogens is 1. The molecule has 5 nitrogen and oxygen atoms in total. The maximum atomic E-state index is 12.4. The van der Waals surface area contributed by atoms with Gasteiger partial charge >= 0.3 is 0 Å². The van der Waals surface area contributed by atoms with Crippen molar-refractivity contribution in [1.82, 2.24) is 0 Å². The van der Waals surface area contributed by atoms with Gasteiger partial charge in [0.25, 0.3) is 5.91 Å². The van der Waals surface area contributed by atoms with E-state index in [1.807, 2.05) is 19.1 Å². The maximum Gasteiger partial charge on any atom is 0.282 e. The van der Waals surface area contributed by atoms with E-state index in [1.165, 1.54) is 5.56 Å². The second-order valence-electron chi connectivity index (χ2n) is 5.98. The second-order valence-corrected chi connectivity index (χ2v) is 6.89.